The monoisotopic (exact) mass is 572 g/mol. The van der Waals surface area contributed by atoms with E-state index in [2.05, 4.69) is 4.52 Å². The first kappa shape index (κ1) is 25.9. The summed E-state index contributed by atoms with van der Waals surface area (Å²) in [6.45, 7) is 0. The van der Waals surface area contributed by atoms with E-state index in [0.717, 1.165) is 24.3 Å². The van der Waals surface area contributed by atoms with Gasteiger partial charge in [-0.15, -0.1) is 73.3 Å². The molecule has 0 saturated heterocycles. The highest BCUT2D eigenvalue weighted by Crippen LogP contribution is 2.82. The maximum Gasteiger partial charge on any atom is 0.441 e. The predicted octanol–water partition coefficient (Wildman–Crippen LogP) is 12.4. The van der Waals surface area contributed by atoms with Gasteiger partial charge in [0.2, 0.25) is 0 Å². The van der Waals surface area contributed by atoms with Crippen LogP contribution >= 0.6 is 46.9 Å². The topological polar surface area (TPSA) is 83.4 Å². The average molecular weight is 572 g/mol. The Balaban J connectivity index is 2.95. The van der Waals surface area contributed by atoms with Gasteiger partial charge in [0.15, 0.2) is 0 Å². The minimum absolute atomic E-state index is 0.747. The fraction of sp³-hybridized carbons (Fsp3) is 0. The zero-order valence-electron chi connectivity index (χ0n) is 13.3. The Kier molecular flexibility index (Phi) is 7.36. The van der Waals surface area contributed by atoms with Gasteiger partial charge < -0.3 is 4.52 Å². The van der Waals surface area contributed by atoms with Crippen molar-refractivity contribution in [3.8, 4) is 5.75 Å². The Morgan fingerprint density at radius 2 is 0.800 bits per heavy atom. The van der Waals surface area contributed by atoms with Crippen LogP contribution in [0.4, 0.5) is 46.2 Å². The van der Waals surface area contributed by atoms with E-state index >= 15 is 0 Å². The second-order valence-corrected chi connectivity index (χ2v) is 14.7. The van der Waals surface area contributed by atoms with E-state index in [-0.39, 0.29) is 0 Å². The van der Waals surface area contributed by atoms with Gasteiger partial charge in [-0.1, -0.05) is 18.2 Å². The van der Waals surface area contributed by atoms with Crippen molar-refractivity contribution in [3.63, 3.8) is 0 Å². The third-order valence-corrected chi connectivity index (χ3v) is 13.1. The second kappa shape index (κ2) is 8.53. The molecule has 0 fully saturated rings. The number of halogens is 11. The molecule has 172 valence electrons. The van der Waals surface area contributed by atoms with Gasteiger partial charge in [0.25, 0.3) is 0 Å². The molecule has 1 heterocycles. The predicted molar refractivity (Wildman–Crippen MR) is 95.3 cm³/mol. The molecule has 0 saturated carbocycles. The van der Waals surface area contributed by atoms with Gasteiger partial charge in [0.1, 0.15) is 5.75 Å². The number of hydrogen-bond donors (Lipinski definition) is 0. The third kappa shape index (κ3) is 8.29. The Morgan fingerprint density at radius 3 is 1.20 bits per heavy atom. The molecule has 0 radical (unpaired) electrons. The average Bonchev–Trinajstić information content (AvgIpc) is 2.38. The van der Waals surface area contributed by atoms with E-state index in [1.807, 2.05) is 0 Å². The lowest BCUT2D eigenvalue weighted by molar-refractivity contribution is 0.549. The van der Waals surface area contributed by atoms with Gasteiger partial charge in [-0.2, -0.15) is 0 Å². The molecule has 24 heteroatoms. The molecule has 0 bridgehead atoms. The van der Waals surface area contributed by atoms with Crippen LogP contribution in [0.3, 0.4) is 0 Å². The smallest absolute Gasteiger partial charge is 0.419 e. The van der Waals surface area contributed by atoms with Crippen molar-refractivity contribution in [3.05, 3.63) is 30.3 Å². The third-order valence-electron chi connectivity index (χ3n) is 2.26. The fourth-order valence-corrected chi connectivity index (χ4v) is 11.3. The highest BCUT2D eigenvalue weighted by Gasteiger charge is 2.41. The van der Waals surface area contributed by atoms with Crippen molar-refractivity contribution in [2.45, 2.75) is 0 Å². The van der Waals surface area contributed by atoms with E-state index in [1.165, 1.54) is 24.1 Å². The summed E-state index contributed by atoms with van der Waals surface area (Å²) in [5.74, 6) is -0.747. The van der Waals surface area contributed by atoms with Crippen LogP contribution in [0, 0.1) is 0 Å². The normalized spacial score (nSPS) is 28.9. The van der Waals surface area contributed by atoms with Crippen LogP contribution < -0.4 is 4.52 Å². The lowest BCUT2D eigenvalue weighted by Gasteiger charge is -2.15. The van der Waals surface area contributed by atoms with Gasteiger partial charge in [0, 0.05) is 0 Å². The molecule has 0 aromatic heterocycles. The molecular formula is C6H5F11N6OP6. The minimum Gasteiger partial charge on any atom is -0.419 e. The SMILES string of the molecule is FP1(F)=NP(F)(F)=NP(F)(F)=NP(F)(Oc2ccccc2)=NP(F)(F)=NP(F)(F)=N1. The maximum absolute atomic E-state index is 14.8. The molecule has 1 aromatic carbocycles. The lowest BCUT2D eigenvalue weighted by atomic mass is 10.3. The van der Waals surface area contributed by atoms with Gasteiger partial charge in [0.05, 0.1) is 0 Å². The van der Waals surface area contributed by atoms with Crippen LogP contribution in [0.15, 0.2) is 57.4 Å². The van der Waals surface area contributed by atoms with Crippen LogP contribution in [0.5, 0.6) is 5.75 Å². The van der Waals surface area contributed by atoms with Crippen LogP contribution in [0.1, 0.15) is 0 Å². The molecule has 30 heavy (non-hydrogen) atoms. The quantitative estimate of drug-likeness (QED) is 0.256. The zero-order valence-corrected chi connectivity index (χ0v) is 18.7. The molecule has 0 aliphatic carbocycles. The number of rotatable bonds is 2. The van der Waals surface area contributed by atoms with Gasteiger partial charge in [-0.05, 0) is 12.1 Å². The van der Waals surface area contributed by atoms with E-state index < -0.39 is 52.6 Å². The van der Waals surface area contributed by atoms with Crippen molar-refractivity contribution in [1.29, 1.82) is 0 Å². The van der Waals surface area contributed by atoms with Gasteiger partial charge >= 0.3 is 46.9 Å². The molecule has 2 rings (SSSR count). The minimum atomic E-state index is -7.10. The lowest BCUT2D eigenvalue weighted by Crippen LogP contribution is -1.85. The van der Waals surface area contributed by atoms with Crippen LogP contribution in [0.25, 0.3) is 0 Å². The summed E-state index contributed by atoms with van der Waals surface area (Å²) in [4.78, 5) is 0. The highest BCUT2D eigenvalue weighted by molar-refractivity contribution is 7.78. The summed E-state index contributed by atoms with van der Waals surface area (Å²) in [6, 6.07) is 5.18. The zero-order chi connectivity index (χ0) is 23.1. The Morgan fingerprint density at radius 1 is 0.467 bits per heavy atom. The first-order chi connectivity index (χ1) is 13.3. The fourth-order valence-electron chi connectivity index (χ4n) is 1.54. The van der Waals surface area contributed by atoms with Gasteiger partial charge in [-0.25, -0.2) is 0 Å². The molecule has 7 nitrogen and oxygen atoms in total. The van der Waals surface area contributed by atoms with E-state index in [0.29, 0.717) is 0 Å². The summed E-state index contributed by atoms with van der Waals surface area (Å²) in [5.41, 5.74) is 0. The largest absolute Gasteiger partial charge is 0.441 e. The maximum atomic E-state index is 14.8. The molecule has 1 aliphatic rings. The number of benzene rings is 1. The van der Waals surface area contributed by atoms with Crippen molar-refractivity contribution in [2.24, 2.45) is 27.1 Å². The van der Waals surface area contributed by atoms with E-state index in [1.54, 1.807) is 9.03 Å². The van der Waals surface area contributed by atoms with Crippen molar-refractivity contribution in [1.82, 2.24) is 0 Å². The first-order valence-corrected chi connectivity index (χ1v) is 15.4. The van der Waals surface area contributed by atoms with Crippen LogP contribution in [0.2, 0.25) is 0 Å². The molecule has 0 amide bonds. The summed E-state index contributed by atoms with van der Waals surface area (Å²) in [5, 5.41) is 0. The number of hydrogen-bond acceptors (Lipinski definition) is 7. The summed E-state index contributed by atoms with van der Waals surface area (Å²) >= 11 is 0. The van der Waals surface area contributed by atoms with Crippen LogP contribution in [-0.4, -0.2) is 0 Å². The van der Waals surface area contributed by atoms with Crippen LogP contribution in [-0.2, 0) is 0 Å². The van der Waals surface area contributed by atoms with E-state index in [4.69, 9.17) is 0 Å². The second-order valence-electron chi connectivity index (χ2n) is 4.69. The van der Waals surface area contributed by atoms with Crippen molar-refractivity contribution >= 4 is 46.9 Å². The standard InChI is InChI=1S/C6H5F11N6OP6/c7-25(8)18-26(9,10)20-28(13,14)22-30(17,24-6-4-2-1-3-5-6)23-29(15,16)21-27(11,12)19-25/h1-5H. The Labute approximate surface area is 161 Å². The van der Waals surface area contributed by atoms with Crippen molar-refractivity contribution < 1.29 is 50.7 Å². The number of nitrogens with zero attached hydrogens (tertiary/aromatic N) is 6. The Bertz CT molecular complexity index is 1150. The molecule has 1 atom stereocenters. The number of para-hydroxylation sites is 1. The molecule has 0 N–H and O–H groups in total. The molecular weight excluding hydrogens is 567 g/mol. The Hall–Kier alpha value is -0.370. The van der Waals surface area contributed by atoms with Gasteiger partial charge in [-0.3, -0.25) is 0 Å². The highest BCUT2D eigenvalue weighted by atomic mass is 31.3. The van der Waals surface area contributed by atoms with Crippen molar-refractivity contribution in [2.75, 3.05) is 0 Å². The summed E-state index contributed by atoms with van der Waals surface area (Å²) in [7, 11) is -41.6. The molecule has 1 unspecified atom stereocenters. The summed E-state index contributed by atoms with van der Waals surface area (Å²) in [6.07, 6.45) is 0. The van der Waals surface area contributed by atoms with E-state index in [9.17, 15) is 46.2 Å². The molecule has 1 aromatic rings. The first-order valence-electron chi connectivity index (χ1n) is 6.56. The molecule has 0 spiro atoms. The molecule has 1 aliphatic heterocycles. The summed E-state index contributed by atoms with van der Waals surface area (Å²) < 4.78 is 163.